The molecule has 5 aromatic rings. The van der Waals surface area contributed by atoms with E-state index in [1.54, 1.807) is 0 Å². The van der Waals surface area contributed by atoms with Gasteiger partial charge in [0.05, 0.1) is 45.1 Å². The van der Waals surface area contributed by atoms with Gasteiger partial charge in [-0.25, -0.2) is 51.1 Å². The first-order chi connectivity index (χ1) is 36.4. The smallest absolute Gasteiger partial charge is 0.490 e. The van der Waals surface area contributed by atoms with Gasteiger partial charge in [-0.2, -0.15) is 8.62 Å². The lowest BCUT2D eigenvalue weighted by Crippen LogP contribution is -2.46. The van der Waals surface area contributed by atoms with Crippen molar-refractivity contribution >= 4 is 75.4 Å². The fourth-order valence-electron chi connectivity index (χ4n) is 8.44. The molecule has 3 saturated heterocycles. The van der Waals surface area contributed by atoms with Gasteiger partial charge < -0.3 is 74.4 Å². The lowest BCUT2D eigenvalue weighted by atomic mass is 9.98. The van der Waals surface area contributed by atoms with Crippen LogP contribution in [0.3, 0.4) is 0 Å². The number of aliphatic hydroxyl groups is 3. The van der Waals surface area contributed by atoms with E-state index in [0.717, 1.165) is 41.2 Å². The van der Waals surface area contributed by atoms with E-state index in [4.69, 9.17) is 48.5 Å². The van der Waals surface area contributed by atoms with Crippen LogP contribution in [-0.4, -0.2) is 170 Å². The first-order valence-corrected chi connectivity index (χ1v) is 29.9. The highest BCUT2D eigenvalue weighted by Gasteiger charge is 2.53. The molecule has 0 spiro atoms. The molecule has 432 valence electrons. The number of nitrogens with two attached hydrogens (primary N) is 2. The predicted molar refractivity (Wildman–Crippen MR) is 250 cm³/mol. The molecule has 16 atom stereocenters. The van der Waals surface area contributed by atoms with Crippen LogP contribution in [0.1, 0.15) is 25.6 Å². The van der Waals surface area contributed by atoms with Gasteiger partial charge in [0.25, 0.3) is 24.9 Å². The van der Waals surface area contributed by atoms with E-state index in [1.807, 2.05) is 4.98 Å². The third-order valence-corrected chi connectivity index (χ3v) is 18.6. The molecule has 39 nitrogen and oxygen atoms in total. The van der Waals surface area contributed by atoms with Gasteiger partial charge in [0.2, 0.25) is 21.8 Å². The molecular weight excluding hydrogens is 1160 g/mol. The number of nitrogen functional groups attached to an aromatic ring is 2. The first kappa shape index (κ1) is 59.5. The molecule has 8 rings (SSSR count). The molecule has 4 unspecified atom stereocenters. The summed E-state index contributed by atoms with van der Waals surface area (Å²) < 4.78 is 136. The maximum atomic E-state index is 13.5. The molecule has 3 aliphatic rings. The van der Waals surface area contributed by atoms with E-state index in [9.17, 15) is 76.0 Å². The molecule has 3 aliphatic heterocycles. The number of rotatable bonds is 23. The highest BCUT2D eigenvalue weighted by atomic mass is 32.2. The van der Waals surface area contributed by atoms with Crippen LogP contribution in [0.15, 0.2) is 45.6 Å². The number of aryl methyl sites for hydroxylation is 1. The van der Waals surface area contributed by atoms with E-state index in [-0.39, 0.29) is 34.1 Å². The molecule has 0 aromatic carbocycles. The Morgan fingerprint density at radius 3 is 2.15 bits per heavy atom. The first-order valence-electron chi connectivity index (χ1n) is 22.3. The second-order valence-corrected chi connectivity index (χ2v) is 25.2. The number of methoxy groups -OCH3 is 1. The van der Waals surface area contributed by atoms with Crippen molar-refractivity contribution < 1.29 is 112 Å². The fourth-order valence-corrected chi connectivity index (χ4v) is 13.6. The van der Waals surface area contributed by atoms with Gasteiger partial charge >= 0.3 is 34.8 Å². The molecule has 78 heavy (non-hydrogen) atoms. The second-order valence-electron chi connectivity index (χ2n) is 17.1. The minimum absolute atomic E-state index is 0.0156. The molecule has 0 aliphatic carbocycles. The number of nitrogens with one attached hydrogen (secondary N) is 3. The number of ether oxygens (including phenoxy) is 4. The van der Waals surface area contributed by atoms with Gasteiger partial charge in [-0.05, 0) is 6.92 Å². The van der Waals surface area contributed by atoms with Crippen LogP contribution >= 0.6 is 31.3 Å². The Kier molecular flexibility index (Phi) is 17.3. The summed E-state index contributed by atoms with van der Waals surface area (Å²) >= 11 is 0. The second kappa shape index (κ2) is 22.7. The molecule has 13 N–H and O–H groups in total. The maximum Gasteiger partial charge on any atom is 0.490 e. The molecule has 8 heterocycles. The number of aromatic nitrogens is 10. The standard InChI is InChI=1S/C34H49N13O26P4S/c1-4-78(62,63)40-7-14-15(68-30(21(14)49)47-13-44(2)20-28(47)42-33(36)43-29(20)52)8-66-75(56,57)72-77(60,61)73-76(58,59)67-10-17-24(25(64-3)32(70-17)46-12-39-19-26(35)37-11-38-27(19)46)71-74(54,55)65-9-16-22(50)23(51)31(69-16)45-6-5-18(48)41-34(45)53/h5-6,11-17,21-25,30-32,40,49-51H,4,7-10H2,1-3H3,(H9-,35,36,37,38,41,42,43,48,52,53,54,55,56,57,58,59,60,61)/t14-,15-,16-,17-,21-,22-,23-,24-,25-,30-,31-,32-/m1/s1. The van der Waals surface area contributed by atoms with Gasteiger partial charge in [0.15, 0.2) is 30.2 Å². The normalized spacial score (nSPS) is 29.9. The highest BCUT2D eigenvalue weighted by molar-refractivity contribution is 7.89. The van der Waals surface area contributed by atoms with Crippen molar-refractivity contribution in [2.24, 2.45) is 13.0 Å². The lowest BCUT2D eigenvalue weighted by Gasteiger charge is -2.31. The molecule has 44 heteroatoms. The van der Waals surface area contributed by atoms with Gasteiger partial charge in [0, 0.05) is 31.8 Å². The van der Waals surface area contributed by atoms with Crippen LogP contribution in [0, 0.1) is 5.92 Å². The van der Waals surface area contributed by atoms with Crippen molar-refractivity contribution in [2.45, 2.75) is 74.4 Å². The summed E-state index contributed by atoms with van der Waals surface area (Å²) in [6.45, 7) is -2.84. The van der Waals surface area contributed by atoms with E-state index in [0.29, 0.717) is 4.57 Å². The number of sulfonamides is 1. The molecule has 5 aromatic heterocycles. The topological polar surface area (TPSA) is 556 Å². The van der Waals surface area contributed by atoms with Gasteiger partial charge in [-0.15, -0.1) is 0 Å². The minimum atomic E-state index is -6.28. The van der Waals surface area contributed by atoms with Crippen molar-refractivity contribution in [3.05, 3.63) is 62.4 Å². The van der Waals surface area contributed by atoms with Crippen molar-refractivity contribution in [3.63, 3.8) is 0 Å². The van der Waals surface area contributed by atoms with Gasteiger partial charge in [-0.1, -0.05) is 4.98 Å². The number of anilines is 2. The zero-order valence-electron chi connectivity index (χ0n) is 40.1. The number of hydrogen-bond acceptors (Lipinski definition) is 29. The Labute approximate surface area is 435 Å². The van der Waals surface area contributed by atoms with Crippen molar-refractivity contribution in [1.82, 2.24) is 48.3 Å². The number of nitrogens with zero attached hydrogens (tertiary/aromatic N) is 8. The summed E-state index contributed by atoms with van der Waals surface area (Å²) in [5, 5.41) is 32.7. The third-order valence-electron chi connectivity index (χ3n) is 12.1. The Bertz CT molecular complexity index is 3550. The molecular formula is C34H49N13O26P4S. The number of imidazole rings is 2. The van der Waals surface area contributed by atoms with Crippen LogP contribution in [0.4, 0.5) is 11.8 Å². The Hall–Kier alpha value is -4.67. The summed E-state index contributed by atoms with van der Waals surface area (Å²) in [5.74, 6) is -2.21. The number of aromatic amines is 2. The number of hydrogen-bond donors (Lipinski definition) is 11. The molecule has 0 radical (unpaired) electrons. The van der Waals surface area contributed by atoms with Crippen LogP contribution in [0.5, 0.6) is 0 Å². The largest absolute Gasteiger partial charge is 0.756 e. The van der Waals surface area contributed by atoms with Gasteiger partial charge in [0.1, 0.15) is 54.6 Å². The molecule has 0 amide bonds. The quantitative estimate of drug-likeness (QED) is 0.0215. The molecule has 3 fully saturated rings. The highest BCUT2D eigenvalue weighted by Crippen LogP contribution is 2.68. The zero-order chi connectivity index (χ0) is 57.0. The monoisotopic (exact) mass is 1210 g/mol. The maximum absolute atomic E-state index is 13.5. The van der Waals surface area contributed by atoms with E-state index >= 15 is 0 Å². The number of H-pyrrole nitrogens is 2. The molecule has 0 bridgehead atoms. The van der Waals surface area contributed by atoms with Crippen molar-refractivity contribution in [1.29, 1.82) is 0 Å². The summed E-state index contributed by atoms with van der Waals surface area (Å²) in [4.78, 5) is 102. The number of aliphatic hydroxyl groups excluding tert-OH is 3. The number of fused-ring (bicyclic) bond motifs is 2. The third kappa shape index (κ3) is 12.9. The van der Waals surface area contributed by atoms with E-state index in [2.05, 4.69) is 38.3 Å². The van der Waals surface area contributed by atoms with Crippen LogP contribution in [0.25, 0.3) is 22.3 Å². The van der Waals surface area contributed by atoms with Gasteiger partial charge in [-0.3, -0.25) is 46.9 Å². The SMILES string of the molecule is CCS(=O)(=O)NC[C@H]1[C@@H](O)[C@H]([n+]2cn(C)c3c(=O)[nH]c(N)nc32)O[C@@H]1COP(=O)(O)OP(=O)(O)OP(=O)(O)OC[C@H]1O[C@@H](n2cnc3c(N)ncnc32)[C@H](OC)[C@@H]1OP(=O)([O-])OC[C@H]1O[C@@H](n2ccc(=O)[nH]c2=O)[C@H](O)[C@@H]1O. The summed E-state index contributed by atoms with van der Waals surface area (Å²) in [7, 11) is -25.4. The average Bonchev–Trinajstić information content (AvgIpc) is 4.23. The minimum Gasteiger partial charge on any atom is -0.756 e. The summed E-state index contributed by atoms with van der Waals surface area (Å²) in [6, 6.07) is 0.905. The number of phosphoric acid groups is 4. The Balaban J connectivity index is 0.952. The summed E-state index contributed by atoms with van der Waals surface area (Å²) in [5.41, 5.74) is 8.92. The van der Waals surface area contributed by atoms with E-state index < -0.39 is 164 Å². The average molecular weight is 1210 g/mol. The lowest BCUT2D eigenvalue weighted by molar-refractivity contribution is -0.745. The van der Waals surface area contributed by atoms with Crippen LogP contribution < -0.4 is 42.5 Å². The molecule has 0 saturated carbocycles. The van der Waals surface area contributed by atoms with Crippen LogP contribution in [0.2, 0.25) is 0 Å². The zero-order valence-corrected chi connectivity index (χ0v) is 44.5. The summed E-state index contributed by atoms with van der Waals surface area (Å²) in [6.07, 6.45) is -14.6. The number of phosphoric ester groups is 3. The van der Waals surface area contributed by atoms with Crippen molar-refractivity contribution in [3.8, 4) is 0 Å². The predicted octanol–water partition coefficient (Wildman–Crippen LogP) is -5.31. The fraction of sp³-hybridized carbons (Fsp3) is 0.588. The van der Waals surface area contributed by atoms with Crippen LogP contribution in [-0.2, 0) is 81.0 Å². The van der Waals surface area contributed by atoms with E-state index in [1.165, 1.54) is 24.9 Å². The Morgan fingerprint density at radius 2 is 1.50 bits per heavy atom. The van der Waals surface area contributed by atoms with Crippen molar-refractivity contribution in [2.75, 3.05) is 50.7 Å². The Morgan fingerprint density at radius 1 is 0.846 bits per heavy atom.